The van der Waals surface area contributed by atoms with Crippen LogP contribution in [0.3, 0.4) is 0 Å². The second kappa shape index (κ2) is 7.47. The minimum Gasteiger partial charge on any atom is -0.355 e. The van der Waals surface area contributed by atoms with Crippen molar-refractivity contribution in [2.75, 3.05) is 6.54 Å². The van der Waals surface area contributed by atoms with Gasteiger partial charge in [0.2, 0.25) is 5.91 Å². The maximum Gasteiger partial charge on any atom is 0.230 e. The van der Waals surface area contributed by atoms with Gasteiger partial charge in [-0.05, 0) is 56.2 Å². The highest BCUT2D eigenvalue weighted by Crippen LogP contribution is 2.41. The van der Waals surface area contributed by atoms with Gasteiger partial charge in [-0.3, -0.25) is 4.79 Å². The summed E-state index contributed by atoms with van der Waals surface area (Å²) in [6, 6.07) is 6.56. The van der Waals surface area contributed by atoms with Gasteiger partial charge in [0, 0.05) is 17.8 Å². The number of thiazole rings is 1. The maximum absolute atomic E-state index is 13.7. The molecule has 1 aromatic heterocycles. The van der Waals surface area contributed by atoms with Crippen molar-refractivity contribution in [2.24, 2.45) is 0 Å². The fourth-order valence-corrected chi connectivity index (χ4v) is 5.53. The summed E-state index contributed by atoms with van der Waals surface area (Å²) in [5.74, 6) is -0.225. The summed E-state index contributed by atoms with van der Waals surface area (Å²) in [4.78, 5) is 19.2. The summed E-state index contributed by atoms with van der Waals surface area (Å²) in [6.45, 7) is 0.599. The number of hydrogen-bond acceptors (Lipinski definition) is 3. The fraction of sp³-hybridized carbons (Fsp3) is 0.524. The number of carbonyl (C=O) groups is 1. The second-order valence-corrected chi connectivity index (χ2v) is 8.66. The molecule has 0 radical (unpaired) electrons. The molecule has 1 saturated carbocycles. The standard InChI is InChI=1S/C21H25FN2OS/c22-16-7-5-6-15(14-16)21(11-3-4-12-21)20(25)23-13-10-19-24-17-8-1-2-9-18(17)26-19/h5-7,14H,1-4,8-13H2,(H,23,25). The summed E-state index contributed by atoms with van der Waals surface area (Å²) in [5, 5.41) is 4.25. The van der Waals surface area contributed by atoms with Crippen molar-refractivity contribution < 1.29 is 9.18 Å². The van der Waals surface area contributed by atoms with E-state index in [1.54, 1.807) is 17.4 Å². The fourth-order valence-electron chi connectivity index (χ4n) is 4.38. The summed E-state index contributed by atoms with van der Waals surface area (Å²) in [7, 11) is 0. The Hall–Kier alpha value is -1.75. The SMILES string of the molecule is O=C(NCCc1nc2c(s1)CCCC2)C1(c2cccc(F)c2)CCCC1. The van der Waals surface area contributed by atoms with Crippen molar-refractivity contribution in [2.45, 2.75) is 63.2 Å². The molecule has 0 aliphatic heterocycles. The molecule has 0 unspecified atom stereocenters. The topological polar surface area (TPSA) is 42.0 Å². The third-order valence-electron chi connectivity index (χ3n) is 5.78. The number of hydrogen-bond donors (Lipinski definition) is 1. The highest BCUT2D eigenvalue weighted by Gasteiger charge is 2.42. The Morgan fingerprint density at radius 3 is 2.77 bits per heavy atom. The molecule has 0 atom stereocenters. The molecular weight excluding hydrogens is 347 g/mol. The summed E-state index contributed by atoms with van der Waals surface area (Å²) in [6.07, 6.45) is 9.17. The Bertz CT molecular complexity index is 772. The van der Waals surface area contributed by atoms with Crippen LogP contribution in [-0.4, -0.2) is 17.4 Å². The average molecular weight is 373 g/mol. The third-order valence-corrected chi connectivity index (χ3v) is 7.00. The van der Waals surface area contributed by atoms with Crippen LogP contribution in [0.5, 0.6) is 0 Å². The molecule has 2 aliphatic carbocycles. The second-order valence-electron chi connectivity index (χ2n) is 7.49. The molecular formula is C21H25FN2OS. The lowest BCUT2D eigenvalue weighted by Crippen LogP contribution is -2.43. The van der Waals surface area contributed by atoms with Crippen molar-refractivity contribution >= 4 is 17.2 Å². The Kier molecular flexibility index (Phi) is 5.07. The minimum absolute atomic E-state index is 0.0434. The molecule has 0 saturated heterocycles. The largest absolute Gasteiger partial charge is 0.355 e. The average Bonchev–Trinajstić information content (AvgIpc) is 3.29. The Labute approximate surface area is 158 Å². The van der Waals surface area contributed by atoms with Crippen LogP contribution >= 0.6 is 11.3 Å². The van der Waals surface area contributed by atoms with Crippen LogP contribution in [0.4, 0.5) is 4.39 Å². The number of nitrogens with zero attached hydrogens (tertiary/aromatic N) is 1. The minimum atomic E-state index is -0.565. The van der Waals surface area contributed by atoms with E-state index in [0.717, 1.165) is 55.5 Å². The summed E-state index contributed by atoms with van der Waals surface area (Å²) < 4.78 is 13.7. The zero-order valence-corrected chi connectivity index (χ0v) is 15.8. The van der Waals surface area contributed by atoms with E-state index in [2.05, 4.69) is 5.32 Å². The number of aromatic nitrogens is 1. The van der Waals surface area contributed by atoms with Gasteiger partial charge in [0.15, 0.2) is 0 Å². The first-order chi connectivity index (χ1) is 12.7. The molecule has 3 nitrogen and oxygen atoms in total. The van der Waals surface area contributed by atoms with Crippen LogP contribution in [0.15, 0.2) is 24.3 Å². The monoisotopic (exact) mass is 372 g/mol. The smallest absolute Gasteiger partial charge is 0.230 e. The van der Waals surface area contributed by atoms with Gasteiger partial charge in [-0.15, -0.1) is 11.3 Å². The molecule has 0 bridgehead atoms. The van der Waals surface area contributed by atoms with Gasteiger partial charge in [-0.1, -0.05) is 25.0 Å². The highest BCUT2D eigenvalue weighted by molar-refractivity contribution is 7.11. The molecule has 2 aliphatic rings. The molecule has 1 aromatic carbocycles. The maximum atomic E-state index is 13.7. The van der Waals surface area contributed by atoms with E-state index in [1.165, 1.54) is 35.5 Å². The van der Waals surface area contributed by atoms with Crippen molar-refractivity contribution in [3.05, 3.63) is 51.2 Å². The predicted octanol–water partition coefficient (Wildman–Crippen LogP) is 4.33. The van der Waals surface area contributed by atoms with E-state index in [0.29, 0.717) is 6.54 Å². The first-order valence-corrected chi connectivity index (χ1v) is 10.5. The highest BCUT2D eigenvalue weighted by atomic mass is 32.1. The first kappa shape index (κ1) is 17.7. The lowest BCUT2D eigenvalue weighted by Gasteiger charge is -2.28. The van der Waals surface area contributed by atoms with E-state index in [9.17, 15) is 9.18 Å². The van der Waals surface area contributed by atoms with E-state index < -0.39 is 5.41 Å². The molecule has 0 spiro atoms. The Morgan fingerprint density at radius 1 is 1.19 bits per heavy atom. The molecule has 4 rings (SSSR count). The van der Waals surface area contributed by atoms with Crippen LogP contribution in [0.1, 0.15) is 59.7 Å². The van der Waals surface area contributed by atoms with Crippen LogP contribution < -0.4 is 5.32 Å². The summed E-state index contributed by atoms with van der Waals surface area (Å²) in [5.41, 5.74) is 1.52. The van der Waals surface area contributed by atoms with Gasteiger partial charge < -0.3 is 5.32 Å². The molecule has 1 fully saturated rings. The van der Waals surface area contributed by atoms with E-state index in [1.807, 2.05) is 6.07 Å². The molecule has 1 heterocycles. The lowest BCUT2D eigenvalue weighted by molar-refractivity contribution is -0.126. The zero-order chi connectivity index (χ0) is 18.0. The van der Waals surface area contributed by atoms with Crippen LogP contribution in [0.2, 0.25) is 0 Å². The zero-order valence-electron chi connectivity index (χ0n) is 15.0. The van der Waals surface area contributed by atoms with Crippen molar-refractivity contribution in [1.82, 2.24) is 10.3 Å². The molecule has 5 heteroatoms. The number of nitrogens with one attached hydrogen (secondary N) is 1. The van der Waals surface area contributed by atoms with Gasteiger partial charge in [-0.25, -0.2) is 9.37 Å². The van der Waals surface area contributed by atoms with Crippen molar-refractivity contribution in [3.8, 4) is 0 Å². The van der Waals surface area contributed by atoms with Crippen molar-refractivity contribution in [1.29, 1.82) is 0 Å². The Balaban J connectivity index is 1.42. The van der Waals surface area contributed by atoms with Crippen LogP contribution in [-0.2, 0) is 29.5 Å². The first-order valence-electron chi connectivity index (χ1n) is 9.69. The van der Waals surface area contributed by atoms with E-state index >= 15 is 0 Å². The number of carbonyl (C=O) groups excluding carboxylic acids is 1. The van der Waals surface area contributed by atoms with Gasteiger partial charge in [-0.2, -0.15) is 0 Å². The number of halogens is 1. The van der Waals surface area contributed by atoms with Gasteiger partial charge in [0.1, 0.15) is 5.82 Å². The Morgan fingerprint density at radius 2 is 2.00 bits per heavy atom. The van der Waals surface area contributed by atoms with E-state index in [-0.39, 0.29) is 11.7 Å². The van der Waals surface area contributed by atoms with Crippen LogP contribution in [0.25, 0.3) is 0 Å². The predicted molar refractivity (Wildman–Crippen MR) is 102 cm³/mol. The number of rotatable bonds is 5. The van der Waals surface area contributed by atoms with Crippen LogP contribution in [0, 0.1) is 5.82 Å². The molecule has 1 amide bonds. The van der Waals surface area contributed by atoms with Gasteiger partial charge in [0.25, 0.3) is 0 Å². The van der Waals surface area contributed by atoms with Gasteiger partial charge >= 0.3 is 0 Å². The quantitative estimate of drug-likeness (QED) is 0.849. The lowest BCUT2D eigenvalue weighted by atomic mass is 9.78. The number of aryl methyl sites for hydroxylation is 2. The van der Waals surface area contributed by atoms with E-state index in [4.69, 9.17) is 4.98 Å². The molecule has 26 heavy (non-hydrogen) atoms. The third kappa shape index (κ3) is 3.41. The molecule has 138 valence electrons. The number of amides is 1. The van der Waals surface area contributed by atoms with Gasteiger partial charge in [0.05, 0.1) is 16.1 Å². The number of benzene rings is 1. The number of fused-ring (bicyclic) bond motifs is 1. The normalized spacial score (nSPS) is 18.5. The molecule has 2 aromatic rings. The molecule has 1 N–H and O–H groups in total. The van der Waals surface area contributed by atoms with Crippen molar-refractivity contribution in [3.63, 3.8) is 0 Å². The summed E-state index contributed by atoms with van der Waals surface area (Å²) >= 11 is 1.80.